The van der Waals surface area contributed by atoms with Crippen molar-refractivity contribution in [3.05, 3.63) is 94.9 Å². The first kappa shape index (κ1) is 23.3. The first-order chi connectivity index (χ1) is 16.8. The first-order valence-corrected chi connectivity index (χ1v) is 15.8. The van der Waals surface area contributed by atoms with E-state index in [9.17, 15) is 4.79 Å². The van der Waals surface area contributed by atoms with E-state index in [1.807, 2.05) is 61.5 Å². The molecule has 0 aliphatic heterocycles. The third-order valence-electron chi connectivity index (χ3n) is 6.46. The lowest BCUT2D eigenvalue weighted by Crippen LogP contribution is -2.25. The third kappa shape index (κ3) is 4.72. The summed E-state index contributed by atoms with van der Waals surface area (Å²) in [5, 5.41) is 6.99. The minimum Gasteiger partial charge on any atom is -0.361 e. The van der Waals surface area contributed by atoms with Gasteiger partial charge in [-0.15, -0.1) is 0 Å². The minimum absolute atomic E-state index is 0.117. The zero-order chi connectivity index (χ0) is 24.6. The predicted octanol–water partition coefficient (Wildman–Crippen LogP) is 6.60. The molecule has 3 aromatic carbocycles. The van der Waals surface area contributed by atoms with Gasteiger partial charge in [0.25, 0.3) is 5.56 Å². The molecule has 178 valence electrons. The highest BCUT2D eigenvalue weighted by Gasteiger charge is 2.19. The molecule has 0 unspecified atom stereocenters. The van der Waals surface area contributed by atoms with E-state index in [0.717, 1.165) is 45.0 Å². The predicted molar refractivity (Wildman–Crippen MR) is 147 cm³/mol. The molecule has 0 atom stereocenters. The molecule has 2 aromatic heterocycles. The van der Waals surface area contributed by atoms with Gasteiger partial charge in [0.15, 0.2) is 0 Å². The van der Waals surface area contributed by atoms with E-state index < -0.39 is 8.07 Å². The number of hydrogen-bond donors (Lipinski definition) is 0. The highest BCUT2D eigenvalue weighted by Crippen LogP contribution is 2.27. The maximum atomic E-state index is 13.8. The summed E-state index contributed by atoms with van der Waals surface area (Å²) < 4.78 is 9.76. The Bertz CT molecular complexity index is 1560. The average Bonchev–Trinajstić information content (AvgIpc) is 3.29. The van der Waals surface area contributed by atoms with Gasteiger partial charge in [-0.1, -0.05) is 86.4 Å². The van der Waals surface area contributed by atoms with Crippen LogP contribution in [-0.4, -0.2) is 28.9 Å². The van der Waals surface area contributed by atoms with Gasteiger partial charge in [-0.3, -0.25) is 4.79 Å². The second kappa shape index (κ2) is 9.28. The van der Waals surface area contributed by atoms with Gasteiger partial charge in [-0.2, -0.15) is 9.61 Å². The van der Waals surface area contributed by atoms with Crippen LogP contribution in [0.15, 0.2) is 83.7 Å². The Hall–Kier alpha value is -3.48. The van der Waals surface area contributed by atoms with E-state index in [4.69, 9.17) is 9.84 Å². The Balaban J connectivity index is 1.66. The molecule has 0 fully saturated rings. The SMILES string of the molecule is Cc1c(-c2ccc3ccccc3c2)c(=O)n2nc(-c3ccccc3)cc2n1COCC[Si](C)(C)C. The molecule has 0 amide bonds. The Morgan fingerprint density at radius 1 is 0.857 bits per heavy atom. The second-order valence-electron chi connectivity index (χ2n) is 10.3. The molecule has 35 heavy (non-hydrogen) atoms. The van der Waals surface area contributed by atoms with Crippen molar-refractivity contribution in [2.75, 3.05) is 6.61 Å². The molecule has 6 heteroatoms. The fraction of sp³-hybridized carbons (Fsp3) is 0.241. The maximum Gasteiger partial charge on any atom is 0.282 e. The van der Waals surface area contributed by atoms with Gasteiger partial charge in [-0.25, -0.2) is 0 Å². The summed E-state index contributed by atoms with van der Waals surface area (Å²) in [7, 11) is -1.20. The first-order valence-electron chi connectivity index (χ1n) is 12.1. The molecule has 0 spiro atoms. The van der Waals surface area contributed by atoms with Crippen LogP contribution in [0.25, 0.3) is 38.8 Å². The number of rotatable bonds is 7. The van der Waals surface area contributed by atoms with Crippen molar-refractivity contribution in [1.29, 1.82) is 0 Å². The fourth-order valence-corrected chi connectivity index (χ4v) is 5.16. The summed E-state index contributed by atoms with van der Waals surface area (Å²) in [4.78, 5) is 13.8. The lowest BCUT2D eigenvalue weighted by Gasteiger charge is -2.19. The molecule has 0 aliphatic carbocycles. The van der Waals surface area contributed by atoms with Crippen molar-refractivity contribution in [2.45, 2.75) is 39.3 Å². The molecule has 2 heterocycles. The quantitative estimate of drug-likeness (QED) is 0.194. The molecule has 5 rings (SSSR count). The normalized spacial score (nSPS) is 12.0. The van der Waals surface area contributed by atoms with Gasteiger partial charge in [0.2, 0.25) is 0 Å². The van der Waals surface area contributed by atoms with E-state index in [2.05, 4.69) is 48.5 Å². The van der Waals surface area contributed by atoms with Crippen LogP contribution in [0, 0.1) is 6.92 Å². The average molecular weight is 482 g/mol. The largest absolute Gasteiger partial charge is 0.361 e. The van der Waals surface area contributed by atoms with Crippen LogP contribution in [-0.2, 0) is 11.5 Å². The molecule has 5 aromatic rings. The van der Waals surface area contributed by atoms with E-state index in [1.165, 1.54) is 4.52 Å². The van der Waals surface area contributed by atoms with Crippen LogP contribution in [0.2, 0.25) is 25.7 Å². The van der Waals surface area contributed by atoms with Crippen LogP contribution in [0.5, 0.6) is 0 Å². The molecule has 0 N–H and O–H groups in total. The Morgan fingerprint density at radius 2 is 1.57 bits per heavy atom. The monoisotopic (exact) mass is 481 g/mol. The molecule has 0 bridgehead atoms. The van der Waals surface area contributed by atoms with Crippen LogP contribution in [0.3, 0.4) is 0 Å². The van der Waals surface area contributed by atoms with Crippen LogP contribution >= 0.6 is 0 Å². The van der Waals surface area contributed by atoms with Gasteiger partial charge in [-0.05, 0) is 35.4 Å². The maximum absolute atomic E-state index is 13.8. The lowest BCUT2D eigenvalue weighted by atomic mass is 10.0. The lowest BCUT2D eigenvalue weighted by molar-refractivity contribution is 0.0878. The standard InChI is InChI=1S/C29H31N3O2Si/c1-21-28(25-15-14-22-10-8-9-13-24(22)18-25)29(33)32-27(31(21)20-34-16-17-35(2,3)4)19-26(30-32)23-11-6-5-7-12-23/h5-15,18-19H,16-17,20H2,1-4H3. The number of hydrogen-bond acceptors (Lipinski definition) is 3. The van der Waals surface area contributed by atoms with Crippen LogP contribution < -0.4 is 5.56 Å². The Labute approximate surface area is 206 Å². The molecule has 0 aliphatic rings. The van der Waals surface area contributed by atoms with Gasteiger partial charge in [0.05, 0.1) is 11.3 Å². The number of fused-ring (bicyclic) bond motifs is 2. The molecule has 0 saturated carbocycles. The van der Waals surface area contributed by atoms with Crippen molar-refractivity contribution < 1.29 is 4.74 Å². The summed E-state index contributed by atoms with van der Waals surface area (Å²) in [6.45, 7) is 10.1. The summed E-state index contributed by atoms with van der Waals surface area (Å²) in [5.41, 5.74) is 4.79. The fourth-order valence-electron chi connectivity index (χ4n) is 4.40. The smallest absolute Gasteiger partial charge is 0.282 e. The highest BCUT2D eigenvalue weighted by atomic mass is 28.3. The van der Waals surface area contributed by atoms with E-state index in [0.29, 0.717) is 18.9 Å². The molecule has 0 radical (unpaired) electrons. The minimum atomic E-state index is -1.20. The summed E-state index contributed by atoms with van der Waals surface area (Å²) in [6, 6.07) is 27.4. The van der Waals surface area contributed by atoms with Crippen LogP contribution in [0.4, 0.5) is 0 Å². The molecule has 0 saturated heterocycles. The van der Waals surface area contributed by atoms with Crippen molar-refractivity contribution in [2.24, 2.45) is 0 Å². The van der Waals surface area contributed by atoms with E-state index in [-0.39, 0.29) is 5.56 Å². The number of ether oxygens (including phenoxy) is 1. The molecular formula is C29H31N3O2Si. The van der Waals surface area contributed by atoms with Gasteiger partial charge >= 0.3 is 0 Å². The van der Waals surface area contributed by atoms with E-state index >= 15 is 0 Å². The van der Waals surface area contributed by atoms with Crippen molar-refractivity contribution >= 4 is 24.5 Å². The number of aromatic nitrogens is 3. The summed E-state index contributed by atoms with van der Waals surface area (Å²) in [6.07, 6.45) is 0. The number of benzene rings is 3. The molecular weight excluding hydrogens is 450 g/mol. The van der Waals surface area contributed by atoms with Gasteiger partial charge in [0.1, 0.15) is 12.4 Å². The second-order valence-corrected chi connectivity index (χ2v) is 15.9. The van der Waals surface area contributed by atoms with Crippen LogP contribution in [0.1, 0.15) is 5.69 Å². The van der Waals surface area contributed by atoms with Crippen molar-refractivity contribution in [1.82, 2.24) is 14.2 Å². The summed E-state index contributed by atoms with van der Waals surface area (Å²) >= 11 is 0. The molecule has 5 nitrogen and oxygen atoms in total. The van der Waals surface area contributed by atoms with Crippen molar-refractivity contribution in [3.8, 4) is 22.4 Å². The van der Waals surface area contributed by atoms with Crippen molar-refractivity contribution in [3.63, 3.8) is 0 Å². The van der Waals surface area contributed by atoms with Gasteiger partial charge < -0.3 is 9.30 Å². The topological polar surface area (TPSA) is 48.5 Å². The van der Waals surface area contributed by atoms with E-state index in [1.54, 1.807) is 0 Å². The number of nitrogens with zero attached hydrogens (tertiary/aromatic N) is 3. The zero-order valence-corrected chi connectivity index (χ0v) is 21.8. The summed E-state index contributed by atoms with van der Waals surface area (Å²) in [5.74, 6) is 0. The Morgan fingerprint density at radius 3 is 2.31 bits per heavy atom. The van der Waals surface area contributed by atoms with Gasteiger partial charge in [0, 0.05) is 32.0 Å². The zero-order valence-electron chi connectivity index (χ0n) is 20.8. The highest BCUT2D eigenvalue weighted by molar-refractivity contribution is 6.76. The third-order valence-corrected chi connectivity index (χ3v) is 8.17. The Kier molecular flexibility index (Phi) is 6.17.